The largest absolute Gasteiger partial charge is 0.300 e. The van der Waals surface area contributed by atoms with Gasteiger partial charge in [0.2, 0.25) is 11.0 Å². The number of carbonyl (C=O) groups is 1. The van der Waals surface area contributed by atoms with Crippen molar-refractivity contribution in [3.8, 4) is 12.3 Å². The lowest BCUT2D eigenvalue weighted by Crippen LogP contribution is -2.37. The van der Waals surface area contributed by atoms with Gasteiger partial charge in [-0.15, -0.1) is 28.0 Å². The molecule has 3 rings (SSSR count). The molecular formula is C15H15N3OS3. The lowest BCUT2D eigenvalue weighted by Gasteiger charge is -2.25. The van der Waals surface area contributed by atoms with Crippen LogP contribution in [0.25, 0.3) is 0 Å². The Balaban J connectivity index is 1.75. The number of nitrogens with one attached hydrogen (secondary N) is 1. The Hall–Kier alpha value is -1.36. The van der Waals surface area contributed by atoms with Crippen LogP contribution in [0.4, 0.5) is 5.13 Å². The molecule has 2 aromatic heterocycles. The molecular weight excluding hydrogens is 334 g/mol. The average Bonchev–Trinajstić information content (AvgIpc) is 3.25. The number of thiophene rings is 1. The van der Waals surface area contributed by atoms with Crippen LogP contribution in [0, 0.1) is 12.3 Å². The van der Waals surface area contributed by atoms with Gasteiger partial charge in [-0.1, -0.05) is 47.9 Å². The number of terminal acetylenes is 1. The number of aromatic nitrogens is 2. The highest BCUT2D eigenvalue weighted by atomic mass is 32.2. The fourth-order valence-corrected chi connectivity index (χ4v) is 5.16. The van der Waals surface area contributed by atoms with Crippen molar-refractivity contribution in [3.63, 3.8) is 0 Å². The summed E-state index contributed by atoms with van der Waals surface area (Å²) in [5, 5.41) is 13.6. The maximum Gasteiger partial charge on any atom is 0.237 e. The average molecular weight is 350 g/mol. The predicted molar refractivity (Wildman–Crippen MR) is 92.6 cm³/mol. The first-order valence-electron chi connectivity index (χ1n) is 7.00. The minimum atomic E-state index is -0.397. The third-order valence-corrected chi connectivity index (χ3v) is 6.74. The Labute approximate surface area is 141 Å². The third-order valence-electron chi connectivity index (χ3n) is 3.79. The van der Waals surface area contributed by atoms with Crippen LogP contribution in [0.5, 0.6) is 0 Å². The molecule has 0 saturated heterocycles. The van der Waals surface area contributed by atoms with Crippen LogP contribution in [-0.4, -0.2) is 21.9 Å². The van der Waals surface area contributed by atoms with Crippen LogP contribution in [0.1, 0.15) is 30.6 Å². The fourth-order valence-electron chi connectivity index (χ4n) is 2.75. The fraction of sp³-hybridized carbons (Fsp3) is 0.400. The second-order valence-electron chi connectivity index (χ2n) is 5.09. The second-order valence-corrected chi connectivity index (χ2v) is 8.23. The van der Waals surface area contributed by atoms with Crippen molar-refractivity contribution >= 4 is 45.5 Å². The van der Waals surface area contributed by atoms with E-state index in [9.17, 15) is 4.79 Å². The lowest BCUT2D eigenvalue weighted by molar-refractivity contribution is -0.121. The maximum atomic E-state index is 12.9. The number of rotatable bonds is 5. The molecule has 4 nitrogen and oxygen atoms in total. The molecule has 0 aliphatic heterocycles. The van der Waals surface area contributed by atoms with E-state index < -0.39 is 5.41 Å². The topological polar surface area (TPSA) is 54.9 Å². The molecule has 0 spiro atoms. The quantitative estimate of drug-likeness (QED) is 0.507. The number of carbonyl (C=O) groups excluding carboxylic acids is 1. The first-order valence-corrected chi connectivity index (χ1v) is 9.68. The smallest absolute Gasteiger partial charge is 0.237 e. The van der Waals surface area contributed by atoms with Gasteiger partial charge < -0.3 is 0 Å². The Morgan fingerprint density at radius 2 is 2.27 bits per heavy atom. The highest BCUT2D eigenvalue weighted by Gasteiger charge is 2.43. The molecule has 22 heavy (non-hydrogen) atoms. The minimum absolute atomic E-state index is 0.0390. The summed E-state index contributed by atoms with van der Waals surface area (Å²) in [6.07, 6.45) is 9.21. The van der Waals surface area contributed by atoms with E-state index in [0.29, 0.717) is 10.9 Å². The van der Waals surface area contributed by atoms with E-state index in [4.69, 9.17) is 6.42 Å². The molecule has 0 aromatic carbocycles. The van der Waals surface area contributed by atoms with Gasteiger partial charge in [0.15, 0.2) is 4.34 Å². The van der Waals surface area contributed by atoms with Gasteiger partial charge in [0.05, 0.1) is 11.2 Å². The molecule has 2 aromatic rings. The van der Waals surface area contributed by atoms with Gasteiger partial charge in [-0.2, -0.15) is 0 Å². The van der Waals surface area contributed by atoms with Crippen LogP contribution in [-0.2, 0) is 10.2 Å². The van der Waals surface area contributed by atoms with E-state index in [-0.39, 0.29) is 5.91 Å². The molecule has 1 aliphatic rings. The van der Waals surface area contributed by atoms with Crippen LogP contribution in [0.3, 0.4) is 0 Å². The monoisotopic (exact) mass is 349 g/mol. The Kier molecular flexibility index (Phi) is 4.81. The Morgan fingerprint density at radius 3 is 2.95 bits per heavy atom. The minimum Gasteiger partial charge on any atom is -0.300 e. The first-order chi connectivity index (χ1) is 10.7. The summed E-state index contributed by atoms with van der Waals surface area (Å²) in [7, 11) is 0. The summed E-state index contributed by atoms with van der Waals surface area (Å²) in [6, 6.07) is 4.07. The lowest BCUT2D eigenvalue weighted by atomic mass is 9.83. The second kappa shape index (κ2) is 6.82. The van der Waals surface area contributed by atoms with E-state index in [0.717, 1.165) is 34.9 Å². The van der Waals surface area contributed by atoms with Gasteiger partial charge in [-0.25, -0.2) is 0 Å². The summed E-state index contributed by atoms with van der Waals surface area (Å²) >= 11 is 4.48. The van der Waals surface area contributed by atoms with E-state index in [1.807, 2.05) is 11.4 Å². The molecule has 1 fully saturated rings. The molecule has 0 unspecified atom stereocenters. The molecule has 0 bridgehead atoms. The molecule has 1 amide bonds. The van der Waals surface area contributed by atoms with Crippen molar-refractivity contribution in [3.05, 3.63) is 22.4 Å². The third kappa shape index (κ3) is 3.05. The van der Waals surface area contributed by atoms with Crippen molar-refractivity contribution in [2.24, 2.45) is 0 Å². The van der Waals surface area contributed by atoms with E-state index in [1.54, 1.807) is 11.3 Å². The van der Waals surface area contributed by atoms with Crippen LogP contribution < -0.4 is 5.32 Å². The summed E-state index contributed by atoms with van der Waals surface area (Å²) in [4.78, 5) is 14.0. The molecule has 2 heterocycles. The Bertz CT molecular complexity index is 681. The van der Waals surface area contributed by atoms with Crippen molar-refractivity contribution in [2.45, 2.75) is 35.4 Å². The van der Waals surface area contributed by atoms with Gasteiger partial charge >= 0.3 is 0 Å². The predicted octanol–water partition coefficient (Wildman–Crippen LogP) is 3.78. The zero-order valence-corrected chi connectivity index (χ0v) is 14.3. The molecule has 1 saturated carbocycles. The summed E-state index contributed by atoms with van der Waals surface area (Å²) in [5.74, 6) is 3.15. The SMILES string of the molecule is C#CCSc1nnc(NC(=O)C2(c3cccs3)CCCC2)s1. The number of amides is 1. The highest BCUT2D eigenvalue weighted by Crippen LogP contribution is 2.44. The van der Waals surface area contributed by atoms with E-state index in [1.165, 1.54) is 23.1 Å². The van der Waals surface area contributed by atoms with Crippen molar-refractivity contribution in [1.29, 1.82) is 0 Å². The van der Waals surface area contributed by atoms with E-state index >= 15 is 0 Å². The summed E-state index contributed by atoms with van der Waals surface area (Å²) in [5.41, 5.74) is -0.397. The maximum absolute atomic E-state index is 12.9. The number of anilines is 1. The molecule has 7 heteroatoms. The molecule has 114 valence electrons. The summed E-state index contributed by atoms with van der Waals surface area (Å²) < 4.78 is 0.782. The van der Waals surface area contributed by atoms with Gasteiger partial charge in [-0.05, 0) is 24.3 Å². The first kappa shape index (κ1) is 15.5. The number of hydrogen-bond acceptors (Lipinski definition) is 6. The zero-order valence-electron chi connectivity index (χ0n) is 11.9. The zero-order chi connectivity index (χ0) is 15.4. The van der Waals surface area contributed by atoms with Gasteiger partial charge in [0, 0.05) is 4.88 Å². The Morgan fingerprint density at radius 1 is 1.45 bits per heavy atom. The van der Waals surface area contributed by atoms with Crippen LogP contribution in [0.2, 0.25) is 0 Å². The molecule has 1 aliphatic carbocycles. The van der Waals surface area contributed by atoms with Crippen molar-refractivity contribution in [2.75, 3.05) is 11.1 Å². The van der Waals surface area contributed by atoms with E-state index in [2.05, 4.69) is 27.5 Å². The standard InChI is InChI=1S/C15H15N3OS3/c1-2-9-21-14-18-17-13(22-14)16-12(19)15(7-3-4-8-15)11-6-5-10-20-11/h1,5-6,10H,3-4,7-9H2,(H,16,17,19). The summed E-state index contributed by atoms with van der Waals surface area (Å²) in [6.45, 7) is 0. The van der Waals surface area contributed by atoms with Crippen molar-refractivity contribution < 1.29 is 4.79 Å². The normalized spacial score (nSPS) is 16.3. The van der Waals surface area contributed by atoms with Gasteiger partial charge in [0.25, 0.3) is 0 Å². The van der Waals surface area contributed by atoms with Crippen molar-refractivity contribution in [1.82, 2.24) is 10.2 Å². The van der Waals surface area contributed by atoms with Gasteiger partial charge in [0.1, 0.15) is 0 Å². The number of thioether (sulfide) groups is 1. The molecule has 1 N–H and O–H groups in total. The number of hydrogen-bond donors (Lipinski definition) is 1. The highest BCUT2D eigenvalue weighted by molar-refractivity contribution is 8.01. The molecule has 0 radical (unpaired) electrons. The van der Waals surface area contributed by atoms with Gasteiger partial charge in [-0.3, -0.25) is 10.1 Å². The van der Waals surface area contributed by atoms with Crippen LogP contribution in [0.15, 0.2) is 21.9 Å². The molecule has 0 atom stereocenters. The van der Waals surface area contributed by atoms with Crippen LogP contribution >= 0.6 is 34.4 Å². The number of nitrogens with zero attached hydrogens (tertiary/aromatic N) is 2.